The van der Waals surface area contributed by atoms with Gasteiger partial charge in [-0.1, -0.05) is 0 Å². The molecule has 1 aliphatic heterocycles. The number of hydrogen-bond acceptors (Lipinski definition) is 10. The minimum Gasteiger partial charge on any atom is -0.394 e. The summed E-state index contributed by atoms with van der Waals surface area (Å²) in [4.78, 5) is 21.2. The standard InChI is InChI=1S/C10H12N6O6/c11-7-4-8(14-10(13-7)16(20)21)15(2-12-4)9-6(19)5(18)3(1-17)22-9/h2-3,5-6,9,17-19H,1H2,(H2,11,13,14)/t3-,5-,6+,9-/m1/s1. The van der Waals surface area contributed by atoms with E-state index in [9.17, 15) is 20.3 Å². The van der Waals surface area contributed by atoms with Gasteiger partial charge < -0.3 is 35.9 Å². The summed E-state index contributed by atoms with van der Waals surface area (Å²) in [5.74, 6) is -0.916. The lowest BCUT2D eigenvalue weighted by molar-refractivity contribution is -0.394. The number of nitrogens with zero attached hydrogens (tertiary/aromatic N) is 5. The Hall–Kier alpha value is -2.41. The van der Waals surface area contributed by atoms with Crippen LogP contribution in [0.25, 0.3) is 11.2 Å². The molecule has 0 spiro atoms. The van der Waals surface area contributed by atoms with Crippen LogP contribution in [0.1, 0.15) is 6.23 Å². The zero-order valence-corrected chi connectivity index (χ0v) is 11.0. The van der Waals surface area contributed by atoms with Crippen LogP contribution in [0.4, 0.5) is 11.8 Å². The first-order chi connectivity index (χ1) is 10.4. The van der Waals surface area contributed by atoms with E-state index in [1.807, 2.05) is 0 Å². The third-order valence-electron chi connectivity index (χ3n) is 3.39. The molecule has 12 nitrogen and oxygen atoms in total. The van der Waals surface area contributed by atoms with Gasteiger partial charge in [-0.3, -0.25) is 4.57 Å². The third-order valence-corrected chi connectivity index (χ3v) is 3.39. The lowest BCUT2D eigenvalue weighted by atomic mass is 10.1. The van der Waals surface area contributed by atoms with Crippen LogP contribution in [0.2, 0.25) is 0 Å². The van der Waals surface area contributed by atoms with Gasteiger partial charge in [0.15, 0.2) is 11.7 Å². The summed E-state index contributed by atoms with van der Waals surface area (Å²) in [6, 6.07) is 0. The van der Waals surface area contributed by atoms with Crippen molar-refractivity contribution in [1.82, 2.24) is 19.5 Å². The van der Waals surface area contributed by atoms with Gasteiger partial charge in [-0.05, 0) is 14.9 Å². The van der Waals surface area contributed by atoms with E-state index in [2.05, 4.69) is 15.0 Å². The van der Waals surface area contributed by atoms with Crippen molar-refractivity contribution in [2.24, 2.45) is 0 Å². The first-order valence-electron chi connectivity index (χ1n) is 6.21. The van der Waals surface area contributed by atoms with Crippen molar-refractivity contribution in [3.05, 3.63) is 16.4 Å². The third kappa shape index (κ3) is 2.05. The number of hydrogen-bond donors (Lipinski definition) is 4. The molecule has 0 aliphatic carbocycles. The van der Waals surface area contributed by atoms with E-state index in [1.54, 1.807) is 0 Å². The number of anilines is 1. The highest BCUT2D eigenvalue weighted by molar-refractivity contribution is 5.82. The second-order valence-corrected chi connectivity index (χ2v) is 4.72. The fourth-order valence-corrected chi connectivity index (χ4v) is 2.30. The average Bonchev–Trinajstić information content (AvgIpc) is 3.02. The Bertz CT molecular complexity index is 734. The van der Waals surface area contributed by atoms with E-state index in [0.717, 1.165) is 0 Å². The van der Waals surface area contributed by atoms with Gasteiger partial charge in [0.25, 0.3) is 0 Å². The average molecular weight is 312 g/mol. The smallest absolute Gasteiger partial charge is 0.394 e. The van der Waals surface area contributed by atoms with Crippen LogP contribution in [0, 0.1) is 10.1 Å². The molecule has 0 saturated carbocycles. The molecule has 0 unspecified atom stereocenters. The Kier molecular flexibility index (Phi) is 3.37. The van der Waals surface area contributed by atoms with Gasteiger partial charge in [-0.15, -0.1) is 0 Å². The molecule has 3 heterocycles. The van der Waals surface area contributed by atoms with Gasteiger partial charge in [0.1, 0.15) is 24.6 Å². The highest BCUT2D eigenvalue weighted by Crippen LogP contribution is 2.32. The van der Waals surface area contributed by atoms with E-state index >= 15 is 0 Å². The second kappa shape index (κ2) is 5.10. The number of nitro groups is 1. The Morgan fingerprint density at radius 2 is 2.14 bits per heavy atom. The van der Waals surface area contributed by atoms with Crippen molar-refractivity contribution in [3.8, 4) is 0 Å². The SMILES string of the molecule is Nc1nc([N+](=O)[O-])nc2c1ncn2[C@@H]1O[C@H](CO)[C@@H](O)[C@@H]1O. The molecule has 22 heavy (non-hydrogen) atoms. The molecular weight excluding hydrogens is 300 g/mol. The van der Waals surface area contributed by atoms with Crippen molar-refractivity contribution in [1.29, 1.82) is 0 Å². The quantitative estimate of drug-likeness (QED) is 0.362. The number of nitrogen functional groups attached to an aromatic ring is 1. The van der Waals surface area contributed by atoms with Gasteiger partial charge in [-0.2, -0.15) is 0 Å². The predicted molar refractivity (Wildman–Crippen MR) is 69.4 cm³/mol. The van der Waals surface area contributed by atoms with Crippen molar-refractivity contribution >= 4 is 22.9 Å². The first kappa shape index (κ1) is 14.5. The molecule has 1 saturated heterocycles. The summed E-state index contributed by atoms with van der Waals surface area (Å²) in [6.07, 6.45) is -3.59. The Morgan fingerprint density at radius 3 is 2.73 bits per heavy atom. The lowest BCUT2D eigenvalue weighted by Gasteiger charge is -2.15. The normalized spacial score (nSPS) is 28.3. The maximum Gasteiger partial charge on any atom is 0.473 e. The van der Waals surface area contributed by atoms with Crippen molar-refractivity contribution in [3.63, 3.8) is 0 Å². The summed E-state index contributed by atoms with van der Waals surface area (Å²) in [6.45, 7) is -0.501. The molecule has 1 fully saturated rings. The topological polar surface area (TPSA) is 183 Å². The Morgan fingerprint density at radius 1 is 1.41 bits per heavy atom. The number of nitrogens with two attached hydrogens (primary N) is 1. The maximum atomic E-state index is 10.8. The van der Waals surface area contributed by atoms with Gasteiger partial charge in [0.05, 0.1) is 6.61 Å². The number of imidazole rings is 1. The molecular formula is C10H12N6O6. The fourth-order valence-electron chi connectivity index (χ4n) is 2.30. The zero-order chi connectivity index (χ0) is 16.0. The van der Waals surface area contributed by atoms with Gasteiger partial charge in [0, 0.05) is 0 Å². The van der Waals surface area contributed by atoms with E-state index < -0.39 is 42.0 Å². The van der Waals surface area contributed by atoms with E-state index in [4.69, 9.17) is 15.6 Å². The van der Waals surface area contributed by atoms with Crippen molar-refractivity contribution < 1.29 is 25.0 Å². The molecule has 0 aromatic carbocycles. The number of ether oxygens (including phenoxy) is 1. The molecule has 2 aromatic heterocycles. The van der Waals surface area contributed by atoms with Gasteiger partial charge in [0.2, 0.25) is 11.5 Å². The highest BCUT2D eigenvalue weighted by atomic mass is 16.6. The fraction of sp³-hybridized carbons (Fsp3) is 0.500. The molecule has 118 valence electrons. The number of rotatable bonds is 3. The van der Waals surface area contributed by atoms with Crippen LogP contribution in [0.15, 0.2) is 6.33 Å². The van der Waals surface area contributed by atoms with Crippen molar-refractivity contribution in [2.45, 2.75) is 24.5 Å². The lowest BCUT2D eigenvalue weighted by Crippen LogP contribution is -2.33. The zero-order valence-electron chi connectivity index (χ0n) is 11.0. The summed E-state index contributed by atoms with van der Waals surface area (Å²) in [7, 11) is 0. The van der Waals surface area contributed by atoms with Gasteiger partial charge >= 0.3 is 5.95 Å². The Balaban J connectivity index is 2.10. The predicted octanol–water partition coefficient (Wildman–Crippen LogP) is -2.07. The largest absolute Gasteiger partial charge is 0.473 e. The van der Waals surface area contributed by atoms with Crippen LogP contribution >= 0.6 is 0 Å². The van der Waals surface area contributed by atoms with Crippen LogP contribution in [-0.4, -0.2) is 64.7 Å². The molecule has 0 radical (unpaired) electrons. The minimum absolute atomic E-state index is 0.0194. The maximum absolute atomic E-state index is 10.8. The number of aliphatic hydroxyl groups is 3. The summed E-state index contributed by atoms with van der Waals surface area (Å²) in [5, 5.41) is 39.7. The second-order valence-electron chi connectivity index (χ2n) is 4.72. The molecule has 0 amide bonds. The van der Waals surface area contributed by atoms with E-state index in [-0.39, 0.29) is 17.0 Å². The first-order valence-corrected chi connectivity index (χ1v) is 6.21. The Labute approximate surface area is 121 Å². The molecule has 12 heteroatoms. The number of aliphatic hydroxyl groups excluding tert-OH is 3. The monoisotopic (exact) mass is 312 g/mol. The molecule has 3 rings (SSSR count). The summed E-state index contributed by atoms with van der Waals surface area (Å²) < 4.78 is 6.53. The minimum atomic E-state index is -1.37. The highest BCUT2D eigenvalue weighted by Gasteiger charge is 2.44. The number of fused-ring (bicyclic) bond motifs is 1. The van der Waals surface area contributed by atoms with Crippen LogP contribution in [0.5, 0.6) is 0 Å². The van der Waals surface area contributed by atoms with Crippen LogP contribution in [-0.2, 0) is 4.74 Å². The van der Waals surface area contributed by atoms with Crippen LogP contribution < -0.4 is 5.73 Å². The molecule has 5 N–H and O–H groups in total. The molecule has 2 aromatic rings. The summed E-state index contributed by atoms with van der Waals surface area (Å²) in [5.41, 5.74) is 5.68. The summed E-state index contributed by atoms with van der Waals surface area (Å²) >= 11 is 0. The molecule has 4 atom stereocenters. The molecule has 0 bridgehead atoms. The van der Waals surface area contributed by atoms with Crippen LogP contribution in [0.3, 0.4) is 0 Å². The van der Waals surface area contributed by atoms with E-state index in [0.29, 0.717) is 0 Å². The van der Waals surface area contributed by atoms with E-state index in [1.165, 1.54) is 10.9 Å². The van der Waals surface area contributed by atoms with Crippen molar-refractivity contribution in [2.75, 3.05) is 12.3 Å². The number of aromatic nitrogens is 4. The van der Waals surface area contributed by atoms with Gasteiger partial charge in [-0.25, -0.2) is 4.98 Å². The molecule has 1 aliphatic rings.